The quantitative estimate of drug-likeness (QED) is 0.0371. The average molecular weight is 653 g/mol. The number of unbranched alkanes of at least 4 members (excludes halogenated alkanes) is 8. The Bertz CT molecular complexity index is 923. The molecule has 0 saturated carbocycles. The Morgan fingerprint density at radius 2 is 1.36 bits per heavy atom. The lowest BCUT2D eigenvalue weighted by Gasteiger charge is -2.29. The van der Waals surface area contributed by atoms with Crippen LogP contribution in [0.25, 0.3) is 0 Å². The monoisotopic (exact) mass is 652 g/mol. The van der Waals surface area contributed by atoms with Gasteiger partial charge >= 0.3 is 0 Å². The van der Waals surface area contributed by atoms with Gasteiger partial charge in [0, 0.05) is 6.42 Å². The zero-order chi connectivity index (χ0) is 33.7. The fourth-order valence-electron chi connectivity index (χ4n) is 4.20. The molecule has 3 atom stereocenters. The van der Waals surface area contributed by atoms with E-state index in [1.807, 2.05) is 27.2 Å². The number of phosphoric acid groups is 1. The lowest BCUT2D eigenvalue weighted by Crippen LogP contribution is -2.45. The summed E-state index contributed by atoms with van der Waals surface area (Å²) >= 11 is 0. The number of carbonyl (C=O) groups excluding carboxylic acids is 1. The molecule has 45 heavy (non-hydrogen) atoms. The number of carbonyl (C=O) groups is 1. The average Bonchev–Trinajstić information content (AvgIpc) is 2.97. The Labute approximate surface area is 275 Å². The summed E-state index contributed by atoms with van der Waals surface area (Å²) in [6, 6.07) is -0.906. The highest BCUT2D eigenvalue weighted by Crippen LogP contribution is 2.38. The molecule has 0 aromatic rings. The number of allylic oxidation sites excluding steroid dienone is 9. The van der Waals surface area contributed by atoms with Gasteiger partial charge in [-0.1, -0.05) is 107 Å². The minimum atomic E-state index is -4.58. The van der Waals surface area contributed by atoms with Crippen molar-refractivity contribution < 1.29 is 32.9 Å². The number of aliphatic hydroxyl groups is 1. The van der Waals surface area contributed by atoms with Gasteiger partial charge in [-0.2, -0.15) is 0 Å². The molecular weight excluding hydrogens is 587 g/mol. The van der Waals surface area contributed by atoms with E-state index in [0.29, 0.717) is 17.4 Å². The van der Waals surface area contributed by atoms with Crippen LogP contribution < -0.4 is 10.2 Å². The third-order valence-electron chi connectivity index (χ3n) is 6.98. The largest absolute Gasteiger partial charge is 0.756 e. The Morgan fingerprint density at radius 3 is 1.98 bits per heavy atom. The molecule has 260 valence electrons. The Kier molecular flexibility index (Phi) is 27.3. The van der Waals surface area contributed by atoms with Crippen molar-refractivity contribution in [2.45, 2.75) is 122 Å². The number of nitrogens with zero attached hydrogens (tertiary/aromatic N) is 1. The van der Waals surface area contributed by atoms with Gasteiger partial charge in [-0.25, -0.2) is 0 Å². The van der Waals surface area contributed by atoms with Gasteiger partial charge in [-0.05, 0) is 57.8 Å². The first kappa shape index (κ1) is 43.2. The van der Waals surface area contributed by atoms with Gasteiger partial charge in [0.15, 0.2) is 0 Å². The predicted molar refractivity (Wildman–Crippen MR) is 187 cm³/mol. The first-order valence-corrected chi connectivity index (χ1v) is 18.6. The van der Waals surface area contributed by atoms with Crippen molar-refractivity contribution in [3.05, 3.63) is 60.8 Å². The van der Waals surface area contributed by atoms with E-state index in [-0.39, 0.29) is 18.9 Å². The first-order chi connectivity index (χ1) is 21.5. The molecule has 0 spiro atoms. The molecule has 0 bridgehead atoms. The van der Waals surface area contributed by atoms with Gasteiger partial charge in [-0.3, -0.25) is 9.36 Å². The van der Waals surface area contributed by atoms with Crippen LogP contribution in [0.5, 0.6) is 0 Å². The SMILES string of the molecule is CC/C=C\C/C=C\C/C=C\C/C=C\CCCCC(=O)NC(COP(=O)([O-])OCC[N+](C)(C)C)C(O)/C=C/CCCCCCCC. The van der Waals surface area contributed by atoms with Crippen molar-refractivity contribution in [2.75, 3.05) is 40.9 Å². The number of rotatable bonds is 29. The second kappa shape index (κ2) is 28.4. The van der Waals surface area contributed by atoms with Crippen LogP contribution in [0.15, 0.2) is 60.8 Å². The number of phosphoric ester groups is 1. The van der Waals surface area contributed by atoms with Crippen molar-refractivity contribution in [3.8, 4) is 0 Å². The van der Waals surface area contributed by atoms with Gasteiger partial charge in [0.2, 0.25) is 5.91 Å². The van der Waals surface area contributed by atoms with Crippen LogP contribution in [0.2, 0.25) is 0 Å². The van der Waals surface area contributed by atoms with E-state index in [1.54, 1.807) is 6.08 Å². The second-order valence-corrected chi connectivity index (χ2v) is 13.9. The molecule has 0 rings (SSSR count). The number of quaternary nitrogens is 1. The summed E-state index contributed by atoms with van der Waals surface area (Å²) in [7, 11) is 1.21. The molecule has 1 amide bonds. The number of nitrogens with one attached hydrogen (secondary N) is 1. The summed E-state index contributed by atoms with van der Waals surface area (Å²) in [6.45, 7) is 4.40. The molecule has 0 heterocycles. The van der Waals surface area contributed by atoms with Crippen molar-refractivity contribution in [3.63, 3.8) is 0 Å². The fraction of sp³-hybridized carbons (Fsp3) is 0.694. The maximum Gasteiger partial charge on any atom is 0.268 e. The molecule has 0 aliphatic heterocycles. The maximum atomic E-state index is 12.7. The van der Waals surface area contributed by atoms with Crippen LogP contribution in [-0.2, 0) is 18.4 Å². The second-order valence-electron chi connectivity index (χ2n) is 12.5. The Balaban J connectivity index is 4.65. The van der Waals surface area contributed by atoms with E-state index in [2.05, 4.69) is 67.8 Å². The normalized spacial score (nSPS) is 15.6. The maximum absolute atomic E-state index is 12.7. The van der Waals surface area contributed by atoms with Crippen molar-refractivity contribution in [2.24, 2.45) is 0 Å². The van der Waals surface area contributed by atoms with E-state index in [0.717, 1.165) is 57.8 Å². The van der Waals surface area contributed by atoms with E-state index in [1.165, 1.54) is 25.7 Å². The van der Waals surface area contributed by atoms with Crippen LogP contribution in [0.1, 0.15) is 110 Å². The van der Waals surface area contributed by atoms with Crippen LogP contribution in [0, 0.1) is 0 Å². The molecule has 0 saturated heterocycles. The molecular formula is C36H65N2O6P. The van der Waals surface area contributed by atoms with Crippen molar-refractivity contribution in [1.29, 1.82) is 0 Å². The third-order valence-corrected chi connectivity index (χ3v) is 7.95. The molecule has 0 aliphatic carbocycles. The highest BCUT2D eigenvalue weighted by molar-refractivity contribution is 7.45. The topological polar surface area (TPSA) is 108 Å². The minimum absolute atomic E-state index is 0.0126. The van der Waals surface area contributed by atoms with Crippen LogP contribution in [0.3, 0.4) is 0 Å². The number of amides is 1. The van der Waals surface area contributed by atoms with Gasteiger partial charge in [-0.15, -0.1) is 0 Å². The third kappa shape index (κ3) is 30.6. The fourth-order valence-corrected chi connectivity index (χ4v) is 4.92. The van der Waals surface area contributed by atoms with Crippen LogP contribution in [0.4, 0.5) is 0 Å². The Morgan fingerprint density at radius 1 is 0.800 bits per heavy atom. The van der Waals surface area contributed by atoms with Gasteiger partial charge in [0.05, 0.1) is 39.9 Å². The standard InChI is InChI=1S/C36H65N2O6P/c1-6-8-10-12-14-16-17-18-19-20-21-22-24-26-28-30-36(40)37-34(33-44-45(41,42)43-32-31-38(3,4)5)35(39)29-27-25-23-15-13-11-9-7-2/h8,10,14,16,18-19,21-22,27,29,34-35,39H,6-7,9,11-13,15,17,20,23-26,28,30-33H2,1-5H3,(H-,37,40,41,42)/b10-8-,16-14-,19-18-,22-21-,29-27+. The van der Waals surface area contributed by atoms with E-state index in [4.69, 9.17) is 9.05 Å². The first-order valence-electron chi connectivity index (χ1n) is 17.2. The lowest BCUT2D eigenvalue weighted by molar-refractivity contribution is -0.870. The summed E-state index contributed by atoms with van der Waals surface area (Å²) in [6.07, 6.45) is 34.2. The van der Waals surface area contributed by atoms with Crippen LogP contribution >= 0.6 is 7.82 Å². The molecule has 0 aromatic heterocycles. The lowest BCUT2D eigenvalue weighted by atomic mass is 10.1. The molecule has 0 fully saturated rings. The summed E-state index contributed by atoms with van der Waals surface area (Å²) in [5.74, 6) is -0.246. The molecule has 0 aromatic carbocycles. The molecule has 0 aliphatic rings. The number of likely N-dealkylation sites (N-methyl/N-ethyl adjacent to an activating group) is 1. The van der Waals surface area contributed by atoms with Gasteiger partial charge in [0.1, 0.15) is 13.2 Å². The van der Waals surface area contributed by atoms with E-state index >= 15 is 0 Å². The summed E-state index contributed by atoms with van der Waals surface area (Å²) in [5, 5.41) is 13.6. The summed E-state index contributed by atoms with van der Waals surface area (Å²) in [5.41, 5.74) is 0. The van der Waals surface area contributed by atoms with E-state index < -0.39 is 26.6 Å². The molecule has 9 heteroatoms. The minimum Gasteiger partial charge on any atom is -0.756 e. The predicted octanol–water partition coefficient (Wildman–Crippen LogP) is 7.71. The van der Waals surface area contributed by atoms with Gasteiger partial charge < -0.3 is 28.8 Å². The van der Waals surface area contributed by atoms with E-state index in [9.17, 15) is 19.4 Å². The zero-order valence-electron chi connectivity index (χ0n) is 29.0. The number of hydrogen-bond donors (Lipinski definition) is 2. The van der Waals surface area contributed by atoms with Crippen molar-refractivity contribution in [1.82, 2.24) is 5.32 Å². The zero-order valence-corrected chi connectivity index (χ0v) is 29.9. The molecule has 8 nitrogen and oxygen atoms in total. The number of aliphatic hydroxyl groups excluding tert-OH is 1. The molecule has 3 unspecified atom stereocenters. The van der Waals surface area contributed by atoms with Gasteiger partial charge in [0.25, 0.3) is 7.82 Å². The Hall–Kier alpha value is -1.80. The van der Waals surface area contributed by atoms with Crippen molar-refractivity contribution >= 4 is 13.7 Å². The van der Waals surface area contributed by atoms with Crippen LogP contribution in [-0.4, -0.2) is 68.5 Å². The smallest absolute Gasteiger partial charge is 0.268 e. The highest BCUT2D eigenvalue weighted by atomic mass is 31.2. The molecule has 0 radical (unpaired) electrons. The summed E-state index contributed by atoms with van der Waals surface area (Å²) in [4.78, 5) is 25.0. The molecule has 2 N–H and O–H groups in total. The number of hydrogen-bond acceptors (Lipinski definition) is 6. The summed E-state index contributed by atoms with van der Waals surface area (Å²) < 4.78 is 22.9. The highest BCUT2D eigenvalue weighted by Gasteiger charge is 2.23.